The number of non-ortho nitro benzene ring substituents is 1. The Morgan fingerprint density at radius 1 is 1.10 bits per heavy atom. The summed E-state index contributed by atoms with van der Waals surface area (Å²) < 4.78 is 30.0. The topological polar surface area (TPSA) is 101 Å². The molecule has 0 spiro atoms. The van der Waals surface area contributed by atoms with E-state index in [0.717, 1.165) is 21.9 Å². The number of pyridine rings is 1. The molecule has 152 valence electrons. The Balaban J connectivity index is 1.43. The molecule has 0 unspecified atom stereocenters. The van der Waals surface area contributed by atoms with E-state index >= 15 is 0 Å². The molecule has 29 heavy (non-hydrogen) atoms. The van der Waals surface area contributed by atoms with E-state index < -0.39 is 14.9 Å². The highest BCUT2D eigenvalue weighted by molar-refractivity contribution is 9.10. The second-order valence-electron chi connectivity index (χ2n) is 6.78. The molecular weight excluding hydrogens is 462 g/mol. The van der Waals surface area contributed by atoms with Crippen LogP contribution in [0.3, 0.4) is 0 Å². The summed E-state index contributed by atoms with van der Waals surface area (Å²) in [6.07, 6.45) is 3.90. The number of piperazine rings is 1. The number of hydrogen-bond donors (Lipinski definition) is 0. The van der Waals surface area contributed by atoms with Crippen LogP contribution >= 0.6 is 15.9 Å². The summed E-state index contributed by atoms with van der Waals surface area (Å²) in [6.45, 7) is 2.40. The Kier molecular flexibility index (Phi) is 5.38. The van der Waals surface area contributed by atoms with E-state index in [9.17, 15) is 18.5 Å². The summed E-state index contributed by atoms with van der Waals surface area (Å²) in [5.74, 6) is 0. The number of rotatable bonds is 5. The van der Waals surface area contributed by atoms with E-state index in [0.29, 0.717) is 32.7 Å². The van der Waals surface area contributed by atoms with Crippen LogP contribution in [0.5, 0.6) is 0 Å². The quantitative estimate of drug-likeness (QED) is 0.411. The first-order chi connectivity index (χ1) is 13.8. The molecule has 0 bridgehead atoms. The second-order valence-corrected chi connectivity index (χ2v) is 9.63. The molecule has 0 atom stereocenters. The Bertz CT molecular complexity index is 1170. The number of imidazole rings is 1. The maximum Gasteiger partial charge on any atom is 0.270 e. The minimum atomic E-state index is -3.76. The summed E-state index contributed by atoms with van der Waals surface area (Å²) in [5, 5.41) is 10.9. The zero-order valence-corrected chi connectivity index (χ0v) is 17.7. The molecule has 0 radical (unpaired) electrons. The fourth-order valence-corrected chi connectivity index (χ4v) is 5.17. The summed E-state index contributed by atoms with van der Waals surface area (Å²) in [4.78, 5) is 17.0. The molecule has 1 aliphatic rings. The van der Waals surface area contributed by atoms with Crippen molar-refractivity contribution in [1.29, 1.82) is 0 Å². The van der Waals surface area contributed by atoms with Crippen LogP contribution in [-0.2, 0) is 16.6 Å². The van der Waals surface area contributed by atoms with Crippen LogP contribution in [0.15, 0.2) is 58.2 Å². The molecule has 0 aliphatic carbocycles. The molecule has 9 nitrogen and oxygen atoms in total. The van der Waals surface area contributed by atoms with Gasteiger partial charge in [-0.25, -0.2) is 13.4 Å². The van der Waals surface area contributed by atoms with Gasteiger partial charge in [0.05, 0.1) is 15.5 Å². The van der Waals surface area contributed by atoms with Crippen molar-refractivity contribution in [1.82, 2.24) is 18.6 Å². The molecule has 4 rings (SSSR count). The average molecular weight is 480 g/mol. The van der Waals surface area contributed by atoms with E-state index in [4.69, 9.17) is 0 Å². The maximum atomic E-state index is 12.8. The lowest BCUT2D eigenvalue weighted by atomic mass is 10.3. The van der Waals surface area contributed by atoms with Gasteiger partial charge in [-0.15, -0.1) is 0 Å². The minimum absolute atomic E-state index is 0.0499. The standard InChI is InChI=1S/C18H18BrN5O4S/c19-14-4-5-18-20-15(13-22(18)11-14)12-21-6-8-23(9-7-21)29(27,28)17-3-1-2-16(10-17)24(25)26/h1-5,10-11,13H,6-9,12H2. The number of hydrogen-bond acceptors (Lipinski definition) is 6. The van der Waals surface area contributed by atoms with Gasteiger partial charge in [0, 0.05) is 61.7 Å². The molecule has 0 N–H and O–H groups in total. The van der Waals surface area contributed by atoms with Crippen LogP contribution in [0.25, 0.3) is 5.65 Å². The highest BCUT2D eigenvalue weighted by atomic mass is 79.9. The van der Waals surface area contributed by atoms with Crippen LogP contribution in [0.1, 0.15) is 5.69 Å². The van der Waals surface area contributed by atoms with E-state index in [1.54, 1.807) is 0 Å². The fourth-order valence-electron chi connectivity index (χ4n) is 3.36. The molecule has 1 saturated heterocycles. The number of fused-ring (bicyclic) bond motifs is 1. The molecule has 1 aliphatic heterocycles. The van der Waals surface area contributed by atoms with Crippen molar-refractivity contribution in [2.24, 2.45) is 0 Å². The van der Waals surface area contributed by atoms with Gasteiger partial charge in [-0.05, 0) is 34.1 Å². The van der Waals surface area contributed by atoms with Gasteiger partial charge in [0.1, 0.15) is 5.65 Å². The van der Waals surface area contributed by atoms with Crippen molar-refractivity contribution in [3.63, 3.8) is 0 Å². The van der Waals surface area contributed by atoms with Gasteiger partial charge in [0.2, 0.25) is 10.0 Å². The number of halogens is 1. The third-order valence-corrected chi connectivity index (χ3v) is 7.21. The number of aromatic nitrogens is 2. The Morgan fingerprint density at radius 2 is 1.86 bits per heavy atom. The summed E-state index contributed by atoms with van der Waals surface area (Å²) >= 11 is 3.44. The van der Waals surface area contributed by atoms with Crippen molar-refractivity contribution < 1.29 is 13.3 Å². The SMILES string of the molecule is O=[N+]([O-])c1cccc(S(=O)(=O)N2CCN(Cc3cn4cc(Br)ccc4n3)CC2)c1. The first-order valence-corrected chi connectivity index (χ1v) is 11.2. The fraction of sp³-hybridized carbons (Fsp3) is 0.278. The minimum Gasteiger partial charge on any atom is -0.306 e. The molecule has 1 fully saturated rings. The number of benzene rings is 1. The van der Waals surface area contributed by atoms with Crippen molar-refractivity contribution in [3.8, 4) is 0 Å². The molecule has 0 saturated carbocycles. The molecule has 11 heteroatoms. The smallest absolute Gasteiger partial charge is 0.270 e. The highest BCUT2D eigenvalue weighted by Gasteiger charge is 2.29. The largest absolute Gasteiger partial charge is 0.306 e. The summed E-state index contributed by atoms with van der Waals surface area (Å²) in [6, 6.07) is 9.04. The molecule has 0 amide bonds. The first-order valence-electron chi connectivity index (χ1n) is 8.93. The molecule has 3 aromatic rings. The number of sulfonamides is 1. The zero-order chi connectivity index (χ0) is 20.6. The van der Waals surface area contributed by atoms with Crippen LogP contribution in [0.2, 0.25) is 0 Å². The Labute approximate surface area is 175 Å². The highest BCUT2D eigenvalue weighted by Crippen LogP contribution is 2.22. The number of nitro benzene ring substituents is 1. The lowest BCUT2D eigenvalue weighted by molar-refractivity contribution is -0.385. The van der Waals surface area contributed by atoms with Crippen molar-refractivity contribution in [2.75, 3.05) is 26.2 Å². The van der Waals surface area contributed by atoms with Crippen molar-refractivity contribution in [3.05, 3.63) is 69.1 Å². The maximum absolute atomic E-state index is 12.8. The first kappa shape index (κ1) is 20.0. The predicted molar refractivity (Wildman–Crippen MR) is 110 cm³/mol. The molecule has 3 heterocycles. The number of nitro groups is 1. The van der Waals surface area contributed by atoms with E-state index in [1.807, 2.05) is 28.9 Å². The second kappa shape index (κ2) is 7.82. The Morgan fingerprint density at radius 3 is 2.59 bits per heavy atom. The molecule has 2 aromatic heterocycles. The average Bonchev–Trinajstić information content (AvgIpc) is 3.09. The number of nitrogens with zero attached hydrogens (tertiary/aromatic N) is 5. The van der Waals surface area contributed by atoms with E-state index in [2.05, 4.69) is 25.8 Å². The molecule has 1 aromatic carbocycles. The van der Waals surface area contributed by atoms with Crippen LogP contribution in [0, 0.1) is 10.1 Å². The normalized spacial score (nSPS) is 16.3. The van der Waals surface area contributed by atoms with Gasteiger partial charge in [-0.3, -0.25) is 15.0 Å². The van der Waals surface area contributed by atoms with Gasteiger partial charge in [-0.2, -0.15) is 4.31 Å². The van der Waals surface area contributed by atoms with Crippen LogP contribution in [0.4, 0.5) is 5.69 Å². The van der Waals surface area contributed by atoms with Gasteiger partial charge >= 0.3 is 0 Å². The van der Waals surface area contributed by atoms with Crippen molar-refractivity contribution >= 4 is 37.3 Å². The zero-order valence-electron chi connectivity index (χ0n) is 15.3. The molecular formula is C18H18BrN5O4S. The predicted octanol–water partition coefficient (Wildman–Crippen LogP) is 2.51. The third kappa shape index (κ3) is 4.17. The van der Waals surface area contributed by atoms with Crippen LogP contribution in [-0.4, -0.2) is 58.1 Å². The van der Waals surface area contributed by atoms with Crippen molar-refractivity contribution in [2.45, 2.75) is 11.4 Å². The monoisotopic (exact) mass is 479 g/mol. The lowest BCUT2D eigenvalue weighted by Gasteiger charge is -2.33. The third-order valence-electron chi connectivity index (χ3n) is 4.85. The summed E-state index contributed by atoms with van der Waals surface area (Å²) in [5.41, 5.74) is 1.54. The van der Waals surface area contributed by atoms with Gasteiger partial charge in [-0.1, -0.05) is 6.07 Å². The van der Waals surface area contributed by atoms with E-state index in [1.165, 1.54) is 22.5 Å². The lowest BCUT2D eigenvalue weighted by Crippen LogP contribution is -2.48. The van der Waals surface area contributed by atoms with Gasteiger partial charge in [0.25, 0.3) is 5.69 Å². The van der Waals surface area contributed by atoms with Gasteiger partial charge in [0.15, 0.2) is 0 Å². The van der Waals surface area contributed by atoms with Gasteiger partial charge < -0.3 is 4.40 Å². The van der Waals surface area contributed by atoms with Crippen LogP contribution < -0.4 is 0 Å². The van der Waals surface area contributed by atoms with E-state index in [-0.39, 0.29) is 10.6 Å². The summed E-state index contributed by atoms with van der Waals surface area (Å²) in [7, 11) is -3.76. The Hall–Kier alpha value is -2.34.